The number of benzene rings is 1. The number of hydrogen-bond donors (Lipinski definition) is 2. The van der Waals surface area contributed by atoms with Crippen LogP contribution in [0.4, 0.5) is 0 Å². The van der Waals surface area contributed by atoms with E-state index in [0.717, 1.165) is 18.5 Å². The number of likely N-dealkylation sites (tertiary alicyclic amines) is 1. The molecule has 1 aliphatic heterocycles. The standard InChI is InChI=1S/C14H20N2O3/c1-9(15-12-6-7-16(2)14(12)18)11-5-4-10(19-3)8-13(11)17/h4-5,8-9,12,15,17H,6-7H2,1-3H3. The molecular weight excluding hydrogens is 244 g/mol. The third kappa shape index (κ3) is 2.81. The van der Waals surface area contributed by atoms with Crippen molar-refractivity contribution in [2.24, 2.45) is 0 Å². The first-order valence-electron chi connectivity index (χ1n) is 6.41. The van der Waals surface area contributed by atoms with E-state index < -0.39 is 0 Å². The molecule has 1 amide bonds. The second-order valence-corrected chi connectivity index (χ2v) is 4.91. The van der Waals surface area contributed by atoms with Crippen molar-refractivity contribution in [2.45, 2.75) is 25.4 Å². The van der Waals surface area contributed by atoms with E-state index in [2.05, 4.69) is 5.32 Å². The van der Waals surface area contributed by atoms with Crippen molar-refractivity contribution in [1.82, 2.24) is 10.2 Å². The summed E-state index contributed by atoms with van der Waals surface area (Å²) in [5, 5.41) is 13.2. The Morgan fingerprint density at radius 3 is 2.79 bits per heavy atom. The van der Waals surface area contributed by atoms with Crippen molar-refractivity contribution < 1.29 is 14.6 Å². The Balaban J connectivity index is 2.08. The van der Waals surface area contributed by atoms with Gasteiger partial charge in [0.15, 0.2) is 0 Å². The number of phenols is 1. The van der Waals surface area contributed by atoms with Crippen molar-refractivity contribution in [1.29, 1.82) is 0 Å². The summed E-state index contributed by atoms with van der Waals surface area (Å²) in [7, 11) is 3.36. The fraction of sp³-hybridized carbons (Fsp3) is 0.500. The van der Waals surface area contributed by atoms with Gasteiger partial charge in [-0.25, -0.2) is 0 Å². The highest BCUT2D eigenvalue weighted by Gasteiger charge is 2.30. The van der Waals surface area contributed by atoms with Gasteiger partial charge in [0.05, 0.1) is 13.2 Å². The van der Waals surface area contributed by atoms with Gasteiger partial charge in [-0.1, -0.05) is 6.07 Å². The lowest BCUT2D eigenvalue weighted by atomic mass is 10.1. The summed E-state index contributed by atoms with van der Waals surface area (Å²) in [6.45, 7) is 2.71. The molecular formula is C14H20N2O3. The van der Waals surface area contributed by atoms with Gasteiger partial charge in [0, 0.05) is 31.3 Å². The van der Waals surface area contributed by atoms with Crippen LogP contribution >= 0.6 is 0 Å². The van der Waals surface area contributed by atoms with Gasteiger partial charge in [0.25, 0.3) is 0 Å². The number of hydrogen-bond acceptors (Lipinski definition) is 4. The maximum atomic E-state index is 11.8. The summed E-state index contributed by atoms with van der Waals surface area (Å²) in [6.07, 6.45) is 0.802. The molecule has 2 rings (SSSR count). The predicted octanol–water partition coefficient (Wildman–Crippen LogP) is 1.28. The Morgan fingerprint density at radius 2 is 2.26 bits per heavy atom. The van der Waals surface area contributed by atoms with Crippen LogP contribution in [0.1, 0.15) is 24.9 Å². The Labute approximate surface area is 113 Å². The van der Waals surface area contributed by atoms with Gasteiger partial charge >= 0.3 is 0 Å². The minimum Gasteiger partial charge on any atom is -0.507 e. The molecule has 2 unspecified atom stereocenters. The Morgan fingerprint density at radius 1 is 1.53 bits per heavy atom. The highest BCUT2D eigenvalue weighted by Crippen LogP contribution is 2.29. The number of carbonyl (C=O) groups excluding carboxylic acids is 1. The Hall–Kier alpha value is -1.75. The SMILES string of the molecule is COc1ccc(C(C)NC2CCN(C)C2=O)c(O)c1. The van der Waals surface area contributed by atoms with Crippen LogP contribution in [0.25, 0.3) is 0 Å². The van der Waals surface area contributed by atoms with Crippen molar-refractivity contribution in [2.75, 3.05) is 20.7 Å². The number of nitrogens with zero attached hydrogens (tertiary/aromatic N) is 1. The number of nitrogens with one attached hydrogen (secondary N) is 1. The molecule has 1 heterocycles. The highest BCUT2D eigenvalue weighted by atomic mass is 16.5. The molecule has 0 bridgehead atoms. The molecule has 1 fully saturated rings. The summed E-state index contributed by atoms with van der Waals surface area (Å²) in [5.41, 5.74) is 0.767. The van der Waals surface area contributed by atoms with Crippen LogP contribution in [0.15, 0.2) is 18.2 Å². The summed E-state index contributed by atoms with van der Waals surface area (Å²) < 4.78 is 5.05. The fourth-order valence-corrected chi connectivity index (χ4v) is 2.39. The molecule has 0 spiro atoms. The number of phenolic OH excluding ortho intramolecular Hbond substituents is 1. The van der Waals surface area contributed by atoms with E-state index >= 15 is 0 Å². The molecule has 1 aromatic carbocycles. The molecule has 104 valence electrons. The van der Waals surface area contributed by atoms with E-state index in [1.54, 1.807) is 31.2 Å². The van der Waals surface area contributed by atoms with Crippen LogP contribution in [0, 0.1) is 0 Å². The van der Waals surface area contributed by atoms with Gasteiger partial charge in [-0.2, -0.15) is 0 Å². The van der Waals surface area contributed by atoms with Gasteiger partial charge in [-0.05, 0) is 19.4 Å². The molecule has 0 aliphatic carbocycles. The fourth-order valence-electron chi connectivity index (χ4n) is 2.39. The molecule has 0 saturated carbocycles. The van der Waals surface area contributed by atoms with Crippen molar-refractivity contribution >= 4 is 5.91 Å². The maximum absolute atomic E-state index is 11.8. The zero-order chi connectivity index (χ0) is 14.0. The van der Waals surface area contributed by atoms with E-state index in [9.17, 15) is 9.90 Å². The first-order chi connectivity index (χ1) is 9.02. The number of methoxy groups -OCH3 is 1. The lowest BCUT2D eigenvalue weighted by Gasteiger charge is -2.20. The third-order valence-corrected chi connectivity index (χ3v) is 3.58. The first-order valence-corrected chi connectivity index (χ1v) is 6.41. The van der Waals surface area contributed by atoms with Crippen LogP contribution < -0.4 is 10.1 Å². The predicted molar refractivity (Wildman–Crippen MR) is 72.3 cm³/mol. The van der Waals surface area contributed by atoms with E-state index in [0.29, 0.717) is 5.75 Å². The summed E-state index contributed by atoms with van der Waals surface area (Å²) in [4.78, 5) is 13.6. The van der Waals surface area contributed by atoms with Gasteiger partial charge in [-0.3, -0.25) is 10.1 Å². The number of carbonyl (C=O) groups is 1. The van der Waals surface area contributed by atoms with Gasteiger partial charge in [0.2, 0.25) is 5.91 Å². The second-order valence-electron chi connectivity index (χ2n) is 4.91. The van der Waals surface area contributed by atoms with E-state index in [-0.39, 0.29) is 23.7 Å². The first kappa shape index (κ1) is 13.7. The highest BCUT2D eigenvalue weighted by molar-refractivity contribution is 5.83. The van der Waals surface area contributed by atoms with Gasteiger partial charge in [0.1, 0.15) is 11.5 Å². The van der Waals surface area contributed by atoms with Crippen LogP contribution in [0.2, 0.25) is 0 Å². The molecule has 1 saturated heterocycles. The van der Waals surface area contributed by atoms with Crippen molar-refractivity contribution in [3.05, 3.63) is 23.8 Å². The molecule has 19 heavy (non-hydrogen) atoms. The molecule has 5 heteroatoms. The zero-order valence-corrected chi connectivity index (χ0v) is 11.5. The van der Waals surface area contributed by atoms with Gasteiger partial charge in [-0.15, -0.1) is 0 Å². The lowest BCUT2D eigenvalue weighted by Crippen LogP contribution is -2.38. The summed E-state index contributed by atoms with van der Waals surface area (Å²) in [5.74, 6) is 0.906. The lowest BCUT2D eigenvalue weighted by molar-refractivity contribution is -0.128. The zero-order valence-electron chi connectivity index (χ0n) is 11.5. The number of rotatable bonds is 4. The number of ether oxygens (including phenoxy) is 1. The molecule has 0 radical (unpaired) electrons. The number of amides is 1. The minimum atomic E-state index is -0.165. The Bertz CT molecular complexity index is 476. The monoisotopic (exact) mass is 264 g/mol. The minimum absolute atomic E-state index is 0.0913. The van der Waals surface area contributed by atoms with E-state index in [1.165, 1.54) is 0 Å². The molecule has 2 N–H and O–H groups in total. The number of likely N-dealkylation sites (N-methyl/N-ethyl adjacent to an activating group) is 1. The maximum Gasteiger partial charge on any atom is 0.239 e. The average Bonchev–Trinajstić information content (AvgIpc) is 2.70. The van der Waals surface area contributed by atoms with Gasteiger partial charge < -0.3 is 14.7 Å². The van der Waals surface area contributed by atoms with Crippen LogP contribution in [-0.4, -0.2) is 42.7 Å². The quantitative estimate of drug-likeness (QED) is 0.860. The average molecular weight is 264 g/mol. The molecule has 1 aliphatic rings. The van der Waals surface area contributed by atoms with Crippen LogP contribution in [-0.2, 0) is 4.79 Å². The Kier molecular flexibility index (Phi) is 3.95. The summed E-state index contributed by atoms with van der Waals surface area (Å²) >= 11 is 0. The summed E-state index contributed by atoms with van der Waals surface area (Å²) in [6, 6.07) is 4.94. The normalized spacial score (nSPS) is 20.7. The second kappa shape index (κ2) is 5.48. The molecule has 2 atom stereocenters. The van der Waals surface area contributed by atoms with Crippen LogP contribution in [0.3, 0.4) is 0 Å². The molecule has 5 nitrogen and oxygen atoms in total. The molecule has 1 aromatic rings. The molecule has 0 aromatic heterocycles. The number of aromatic hydroxyl groups is 1. The topological polar surface area (TPSA) is 61.8 Å². The third-order valence-electron chi connectivity index (χ3n) is 3.58. The van der Waals surface area contributed by atoms with Crippen molar-refractivity contribution in [3.63, 3.8) is 0 Å². The van der Waals surface area contributed by atoms with Crippen molar-refractivity contribution in [3.8, 4) is 11.5 Å². The van der Waals surface area contributed by atoms with Crippen LogP contribution in [0.5, 0.6) is 11.5 Å². The smallest absolute Gasteiger partial charge is 0.239 e. The van der Waals surface area contributed by atoms with E-state index in [4.69, 9.17) is 4.74 Å². The largest absolute Gasteiger partial charge is 0.507 e. The van der Waals surface area contributed by atoms with E-state index in [1.807, 2.05) is 13.0 Å².